The molecule has 12 heavy (non-hydrogen) atoms. The second-order valence-electron chi connectivity index (χ2n) is 2.48. The van der Waals surface area contributed by atoms with Crippen LogP contribution < -0.4 is 0 Å². The molecule has 0 N–H and O–H groups in total. The van der Waals surface area contributed by atoms with Crippen LogP contribution >= 0.6 is 12.2 Å². The molecule has 0 saturated carbocycles. The van der Waals surface area contributed by atoms with Gasteiger partial charge in [-0.2, -0.15) is 0 Å². The zero-order valence-corrected chi connectivity index (χ0v) is 7.20. The van der Waals surface area contributed by atoms with Gasteiger partial charge < -0.3 is 0 Å². The van der Waals surface area contributed by atoms with Gasteiger partial charge in [-0.25, -0.2) is 8.78 Å². The summed E-state index contributed by atoms with van der Waals surface area (Å²) < 4.78 is 25.2. The van der Waals surface area contributed by atoms with Crippen molar-refractivity contribution in [1.82, 2.24) is 0 Å². The second kappa shape index (κ2) is 4.26. The molecule has 0 bridgehead atoms. The third-order valence-corrected chi connectivity index (χ3v) is 1.71. The van der Waals surface area contributed by atoms with Crippen LogP contribution in [0.1, 0.15) is 12.0 Å². The molecule has 0 aliphatic rings. The normalized spacial score (nSPS) is 9.83. The summed E-state index contributed by atoms with van der Waals surface area (Å²) >= 11 is 4.60. The Balaban J connectivity index is 2.78. The molecule has 1 aromatic carbocycles. The van der Waals surface area contributed by atoms with Gasteiger partial charge in [-0.05, 0) is 35.9 Å². The van der Waals surface area contributed by atoms with E-state index in [-0.39, 0.29) is 0 Å². The van der Waals surface area contributed by atoms with E-state index >= 15 is 0 Å². The Labute approximate surface area is 75.2 Å². The molecule has 0 heterocycles. The van der Waals surface area contributed by atoms with Crippen LogP contribution in [0.4, 0.5) is 8.78 Å². The highest BCUT2D eigenvalue weighted by atomic mass is 32.1. The van der Waals surface area contributed by atoms with Crippen LogP contribution in [0.2, 0.25) is 0 Å². The second-order valence-corrected chi connectivity index (χ2v) is 2.82. The minimum absolute atomic E-state index is 0.533. The Morgan fingerprint density at radius 1 is 1.17 bits per heavy atom. The number of hydrogen-bond donors (Lipinski definition) is 0. The zero-order valence-electron chi connectivity index (χ0n) is 6.39. The van der Waals surface area contributed by atoms with E-state index < -0.39 is 11.6 Å². The van der Waals surface area contributed by atoms with Crippen molar-refractivity contribution < 1.29 is 8.78 Å². The largest absolute Gasteiger partial charge is 0.207 e. The van der Waals surface area contributed by atoms with E-state index in [0.29, 0.717) is 18.4 Å². The molecule has 0 fully saturated rings. The number of aryl methyl sites for hydroxylation is 1. The Kier molecular flexibility index (Phi) is 3.29. The van der Waals surface area contributed by atoms with Gasteiger partial charge in [0, 0.05) is 6.07 Å². The lowest BCUT2D eigenvalue weighted by Gasteiger charge is -1.98. The van der Waals surface area contributed by atoms with E-state index in [0.717, 1.165) is 6.07 Å². The van der Waals surface area contributed by atoms with Crippen molar-refractivity contribution in [3.63, 3.8) is 0 Å². The lowest BCUT2D eigenvalue weighted by Crippen LogP contribution is -1.89. The number of benzene rings is 1. The van der Waals surface area contributed by atoms with E-state index in [1.807, 2.05) is 0 Å². The standard InChI is InChI=1S/C9H8F2S/c10-8-4-7(2-1-3-12)5-9(11)6-8/h3-6H,1-2H2. The van der Waals surface area contributed by atoms with Crippen molar-refractivity contribution >= 4 is 17.6 Å². The molecule has 0 aliphatic heterocycles. The van der Waals surface area contributed by atoms with E-state index in [4.69, 9.17) is 0 Å². The Morgan fingerprint density at radius 2 is 1.75 bits per heavy atom. The minimum atomic E-state index is -0.533. The van der Waals surface area contributed by atoms with Crippen molar-refractivity contribution in [3.8, 4) is 0 Å². The molecule has 0 aromatic heterocycles. The highest BCUT2D eigenvalue weighted by Gasteiger charge is 1.98. The van der Waals surface area contributed by atoms with Crippen LogP contribution in [0, 0.1) is 11.6 Å². The van der Waals surface area contributed by atoms with Gasteiger partial charge in [-0.3, -0.25) is 0 Å². The first-order valence-electron chi connectivity index (χ1n) is 3.61. The van der Waals surface area contributed by atoms with Gasteiger partial charge in [0.1, 0.15) is 11.6 Å². The molecular formula is C9H8F2S. The molecule has 3 heteroatoms. The summed E-state index contributed by atoms with van der Waals surface area (Å²) in [7, 11) is 0. The Hall–Kier alpha value is -0.830. The van der Waals surface area contributed by atoms with Gasteiger partial charge in [0.25, 0.3) is 0 Å². The summed E-state index contributed by atoms with van der Waals surface area (Å²) in [4.78, 5) is 0. The minimum Gasteiger partial charge on any atom is -0.207 e. The lowest BCUT2D eigenvalue weighted by molar-refractivity contribution is 0.580. The van der Waals surface area contributed by atoms with Crippen LogP contribution in [0.15, 0.2) is 18.2 Å². The number of thiocarbonyl (C=S) groups is 1. The summed E-state index contributed by atoms with van der Waals surface area (Å²) in [6.07, 6.45) is 1.26. The van der Waals surface area contributed by atoms with Gasteiger partial charge >= 0.3 is 0 Å². The summed E-state index contributed by atoms with van der Waals surface area (Å²) in [5, 5.41) is 1.56. The molecule has 0 atom stereocenters. The first-order chi connectivity index (χ1) is 5.72. The molecule has 64 valence electrons. The van der Waals surface area contributed by atoms with Gasteiger partial charge in [-0.1, -0.05) is 12.2 Å². The fourth-order valence-electron chi connectivity index (χ4n) is 0.981. The molecule has 1 aromatic rings. The molecule has 0 aliphatic carbocycles. The smallest absolute Gasteiger partial charge is 0.126 e. The topological polar surface area (TPSA) is 0 Å². The van der Waals surface area contributed by atoms with Crippen LogP contribution in [-0.2, 0) is 6.42 Å². The van der Waals surface area contributed by atoms with Crippen molar-refractivity contribution in [3.05, 3.63) is 35.4 Å². The average molecular weight is 186 g/mol. The summed E-state index contributed by atoms with van der Waals surface area (Å²) in [6, 6.07) is 3.50. The summed E-state index contributed by atoms with van der Waals surface area (Å²) in [6.45, 7) is 0. The van der Waals surface area contributed by atoms with Crippen LogP contribution in [0.25, 0.3) is 0 Å². The van der Waals surface area contributed by atoms with Crippen molar-refractivity contribution in [2.75, 3.05) is 0 Å². The molecule has 0 nitrogen and oxygen atoms in total. The summed E-state index contributed by atoms with van der Waals surface area (Å²) in [5.41, 5.74) is 0.647. The quantitative estimate of drug-likeness (QED) is 0.654. The van der Waals surface area contributed by atoms with Gasteiger partial charge in [-0.15, -0.1) is 0 Å². The van der Waals surface area contributed by atoms with Gasteiger partial charge in [0.05, 0.1) is 0 Å². The van der Waals surface area contributed by atoms with Crippen LogP contribution in [-0.4, -0.2) is 5.37 Å². The van der Waals surface area contributed by atoms with Crippen molar-refractivity contribution in [1.29, 1.82) is 0 Å². The SMILES string of the molecule is Fc1cc(F)cc(CCC=S)c1. The lowest BCUT2D eigenvalue weighted by atomic mass is 10.1. The van der Waals surface area contributed by atoms with Gasteiger partial charge in [0.15, 0.2) is 0 Å². The Morgan fingerprint density at radius 3 is 2.25 bits per heavy atom. The van der Waals surface area contributed by atoms with Crippen molar-refractivity contribution in [2.24, 2.45) is 0 Å². The molecule has 0 amide bonds. The predicted molar refractivity (Wildman–Crippen MR) is 48.3 cm³/mol. The molecule has 0 saturated heterocycles. The first kappa shape index (κ1) is 9.26. The highest BCUT2D eigenvalue weighted by Crippen LogP contribution is 2.09. The zero-order chi connectivity index (χ0) is 8.97. The average Bonchev–Trinajstić information content (AvgIpc) is 1.99. The monoisotopic (exact) mass is 186 g/mol. The third kappa shape index (κ3) is 2.66. The first-order valence-corrected chi connectivity index (χ1v) is 4.08. The molecular weight excluding hydrogens is 178 g/mol. The van der Waals surface area contributed by atoms with Gasteiger partial charge in [0.2, 0.25) is 0 Å². The predicted octanol–water partition coefficient (Wildman–Crippen LogP) is 2.90. The van der Waals surface area contributed by atoms with Crippen LogP contribution in [0.5, 0.6) is 0 Å². The fraction of sp³-hybridized carbons (Fsp3) is 0.222. The third-order valence-electron chi connectivity index (χ3n) is 1.47. The fourth-order valence-corrected chi connectivity index (χ4v) is 1.10. The maximum Gasteiger partial charge on any atom is 0.126 e. The molecule has 0 spiro atoms. The molecule has 0 radical (unpaired) electrons. The maximum atomic E-state index is 12.6. The summed E-state index contributed by atoms with van der Waals surface area (Å²) in [5.74, 6) is -1.07. The highest BCUT2D eigenvalue weighted by molar-refractivity contribution is 7.78. The number of rotatable bonds is 3. The Bertz CT molecular complexity index is 264. The number of hydrogen-bond acceptors (Lipinski definition) is 1. The maximum absolute atomic E-state index is 12.6. The molecule has 1 rings (SSSR count). The van der Waals surface area contributed by atoms with Crippen molar-refractivity contribution in [2.45, 2.75) is 12.8 Å². The van der Waals surface area contributed by atoms with E-state index in [1.165, 1.54) is 12.1 Å². The van der Waals surface area contributed by atoms with E-state index in [9.17, 15) is 8.78 Å². The van der Waals surface area contributed by atoms with E-state index in [2.05, 4.69) is 12.2 Å². The van der Waals surface area contributed by atoms with Crippen LogP contribution in [0.3, 0.4) is 0 Å². The molecule has 0 unspecified atom stereocenters. The van der Waals surface area contributed by atoms with E-state index in [1.54, 1.807) is 5.37 Å². The number of halogens is 2.